The van der Waals surface area contributed by atoms with E-state index in [1.807, 2.05) is 18.2 Å². The molecule has 0 aliphatic rings. The van der Waals surface area contributed by atoms with Crippen LogP contribution < -0.4 is 15.7 Å². The predicted octanol–water partition coefficient (Wildman–Crippen LogP) is 3.38. The third-order valence-electron chi connectivity index (χ3n) is 3.20. The van der Waals surface area contributed by atoms with Gasteiger partial charge in [-0.25, -0.2) is 10.4 Å². The average molecular weight is 379 g/mol. The summed E-state index contributed by atoms with van der Waals surface area (Å²) in [6.07, 6.45) is 2.60. The number of ether oxygens (including phenoxy) is 1. The summed E-state index contributed by atoms with van der Waals surface area (Å²) in [6, 6.07) is 5.70. The number of benzene rings is 1. The fraction of sp³-hybridized carbons (Fsp3) is 0.312. The highest BCUT2D eigenvalue weighted by Gasteiger charge is 2.03. The zero-order valence-electron chi connectivity index (χ0n) is 13.3. The Morgan fingerprint density at radius 2 is 2.22 bits per heavy atom. The molecule has 0 spiro atoms. The second kappa shape index (κ2) is 7.92. The van der Waals surface area contributed by atoms with Crippen molar-refractivity contribution in [1.82, 2.24) is 9.97 Å². The second-order valence-electron chi connectivity index (χ2n) is 5.03. The van der Waals surface area contributed by atoms with E-state index in [1.54, 1.807) is 20.1 Å². The summed E-state index contributed by atoms with van der Waals surface area (Å²) >= 11 is 3.47. The predicted molar refractivity (Wildman–Crippen MR) is 95.5 cm³/mol. The molecule has 7 heteroatoms. The van der Waals surface area contributed by atoms with E-state index in [4.69, 9.17) is 4.74 Å². The highest BCUT2D eigenvalue weighted by atomic mass is 79.9. The van der Waals surface area contributed by atoms with Crippen molar-refractivity contribution in [2.24, 2.45) is 5.10 Å². The molecule has 2 aromatic rings. The first-order valence-electron chi connectivity index (χ1n) is 7.30. The van der Waals surface area contributed by atoms with Gasteiger partial charge in [0.25, 0.3) is 5.56 Å². The Morgan fingerprint density at radius 1 is 1.43 bits per heavy atom. The topological polar surface area (TPSA) is 79.4 Å². The van der Waals surface area contributed by atoms with Crippen LogP contribution in [-0.4, -0.2) is 22.8 Å². The quantitative estimate of drug-likeness (QED) is 0.596. The molecule has 0 unspecified atom stereocenters. The smallest absolute Gasteiger partial charge is 0.255 e. The van der Waals surface area contributed by atoms with Gasteiger partial charge in [0.1, 0.15) is 5.75 Å². The maximum absolute atomic E-state index is 11.7. The number of aromatic nitrogens is 2. The number of hydrogen-bond acceptors (Lipinski definition) is 5. The Bertz CT molecular complexity index is 771. The summed E-state index contributed by atoms with van der Waals surface area (Å²) in [5.74, 6) is 1.12. The lowest BCUT2D eigenvalue weighted by Gasteiger charge is -2.07. The van der Waals surface area contributed by atoms with Gasteiger partial charge < -0.3 is 4.74 Å². The summed E-state index contributed by atoms with van der Waals surface area (Å²) in [6.45, 7) is 6.25. The van der Waals surface area contributed by atoms with Crippen LogP contribution in [-0.2, 0) is 0 Å². The Balaban J connectivity index is 2.06. The van der Waals surface area contributed by atoms with Crippen molar-refractivity contribution >= 4 is 28.1 Å². The monoisotopic (exact) mass is 378 g/mol. The van der Waals surface area contributed by atoms with Gasteiger partial charge in [0.05, 0.1) is 17.3 Å². The van der Waals surface area contributed by atoms with Crippen molar-refractivity contribution in [3.8, 4) is 5.75 Å². The van der Waals surface area contributed by atoms with E-state index in [0.29, 0.717) is 23.8 Å². The maximum atomic E-state index is 11.7. The standard InChI is InChI=1S/C16H19BrN4O2/c1-4-7-23-14-6-5-12(8-13(14)17)9-18-21-16-19-11(3)10(2)15(22)20-16/h5-6,8-9H,4,7H2,1-3H3,(H2,19,20,21,22)/b18-9-. The van der Waals surface area contributed by atoms with Gasteiger partial charge in [-0.1, -0.05) is 6.92 Å². The van der Waals surface area contributed by atoms with Gasteiger partial charge >= 0.3 is 0 Å². The molecule has 122 valence electrons. The van der Waals surface area contributed by atoms with E-state index in [2.05, 4.69) is 43.3 Å². The van der Waals surface area contributed by atoms with Gasteiger partial charge in [-0.2, -0.15) is 5.10 Å². The highest BCUT2D eigenvalue weighted by molar-refractivity contribution is 9.10. The van der Waals surface area contributed by atoms with Crippen molar-refractivity contribution in [2.75, 3.05) is 12.0 Å². The third kappa shape index (κ3) is 4.66. The fourth-order valence-corrected chi connectivity index (χ4v) is 2.30. The van der Waals surface area contributed by atoms with E-state index in [1.165, 1.54) is 0 Å². The molecule has 2 rings (SSSR count). The molecular weight excluding hydrogens is 360 g/mol. The third-order valence-corrected chi connectivity index (χ3v) is 3.82. The molecule has 6 nitrogen and oxygen atoms in total. The molecule has 0 saturated carbocycles. The van der Waals surface area contributed by atoms with Gasteiger partial charge in [0, 0.05) is 11.3 Å². The van der Waals surface area contributed by atoms with Gasteiger partial charge in [-0.15, -0.1) is 0 Å². The van der Waals surface area contributed by atoms with E-state index in [9.17, 15) is 4.79 Å². The summed E-state index contributed by atoms with van der Waals surface area (Å²) in [4.78, 5) is 18.5. The van der Waals surface area contributed by atoms with Crippen LogP contribution in [0.3, 0.4) is 0 Å². The SMILES string of the molecule is CCCOc1ccc(/C=N\Nc2nc(C)c(C)c(=O)[nH]2)cc1Br. The lowest BCUT2D eigenvalue weighted by Crippen LogP contribution is -2.15. The molecule has 0 aliphatic carbocycles. The number of nitrogens with zero attached hydrogens (tertiary/aromatic N) is 2. The first-order chi connectivity index (χ1) is 11.0. The van der Waals surface area contributed by atoms with Crippen molar-refractivity contribution in [2.45, 2.75) is 27.2 Å². The van der Waals surface area contributed by atoms with Crippen LogP contribution >= 0.6 is 15.9 Å². The second-order valence-corrected chi connectivity index (χ2v) is 5.89. The minimum Gasteiger partial charge on any atom is -0.492 e. The molecule has 1 heterocycles. The van der Waals surface area contributed by atoms with E-state index >= 15 is 0 Å². The number of rotatable bonds is 6. The van der Waals surface area contributed by atoms with Crippen LogP contribution in [0.5, 0.6) is 5.75 Å². The Labute approximate surface area is 143 Å². The molecule has 23 heavy (non-hydrogen) atoms. The lowest BCUT2D eigenvalue weighted by atomic mass is 10.2. The summed E-state index contributed by atoms with van der Waals surface area (Å²) in [5, 5.41) is 4.09. The number of halogens is 1. The Hall–Kier alpha value is -2.15. The van der Waals surface area contributed by atoms with E-state index in [0.717, 1.165) is 22.2 Å². The van der Waals surface area contributed by atoms with Gasteiger partial charge in [0.15, 0.2) is 0 Å². The molecular formula is C16H19BrN4O2. The summed E-state index contributed by atoms with van der Waals surface area (Å²) < 4.78 is 6.46. The normalized spacial score (nSPS) is 11.0. The minimum absolute atomic E-state index is 0.171. The largest absolute Gasteiger partial charge is 0.492 e. The Morgan fingerprint density at radius 3 is 2.87 bits per heavy atom. The number of hydrazone groups is 1. The van der Waals surface area contributed by atoms with Crippen LogP contribution in [0.25, 0.3) is 0 Å². The van der Waals surface area contributed by atoms with Crippen LogP contribution in [0.2, 0.25) is 0 Å². The molecule has 0 amide bonds. The molecule has 0 bridgehead atoms. The van der Waals surface area contributed by atoms with Crippen molar-refractivity contribution in [1.29, 1.82) is 0 Å². The van der Waals surface area contributed by atoms with Crippen LogP contribution in [0.4, 0.5) is 5.95 Å². The molecule has 1 aromatic carbocycles. The summed E-state index contributed by atoms with van der Waals surface area (Å²) in [7, 11) is 0. The average Bonchev–Trinajstić information content (AvgIpc) is 2.52. The molecule has 0 atom stereocenters. The van der Waals surface area contributed by atoms with Crippen LogP contribution in [0.1, 0.15) is 30.2 Å². The maximum Gasteiger partial charge on any atom is 0.255 e. The molecule has 0 aliphatic heterocycles. The number of aryl methyl sites for hydroxylation is 1. The number of nitrogens with one attached hydrogen (secondary N) is 2. The van der Waals surface area contributed by atoms with Crippen LogP contribution in [0, 0.1) is 13.8 Å². The van der Waals surface area contributed by atoms with Crippen LogP contribution in [0.15, 0.2) is 32.6 Å². The van der Waals surface area contributed by atoms with E-state index in [-0.39, 0.29) is 5.56 Å². The zero-order valence-corrected chi connectivity index (χ0v) is 14.9. The highest BCUT2D eigenvalue weighted by Crippen LogP contribution is 2.25. The van der Waals surface area contributed by atoms with Crippen molar-refractivity contribution in [3.05, 3.63) is 49.8 Å². The number of H-pyrrole nitrogens is 1. The Kier molecular flexibility index (Phi) is 5.92. The number of aromatic amines is 1. The molecule has 0 fully saturated rings. The fourth-order valence-electron chi connectivity index (χ4n) is 1.79. The summed E-state index contributed by atoms with van der Waals surface area (Å²) in [5.41, 5.74) is 4.72. The van der Waals surface area contributed by atoms with Crippen molar-refractivity contribution < 1.29 is 4.74 Å². The molecule has 0 radical (unpaired) electrons. The molecule has 1 aromatic heterocycles. The first kappa shape index (κ1) is 17.2. The lowest BCUT2D eigenvalue weighted by molar-refractivity contribution is 0.315. The number of anilines is 1. The van der Waals surface area contributed by atoms with Crippen molar-refractivity contribution in [3.63, 3.8) is 0 Å². The van der Waals surface area contributed by atoms with Gasteiger partial charge in [0.2, 0.25) is 5.95 Å². The minimum atomic E-state index is -0.171. The van der Waals surface area contributed by atoms with Gasteiger partial charge in [-0.3, -0.25) is 9.78 Å². The first-order valence-corrected chi connectivity index (χ1v) is 8.09. The number of hydrogen-bond donors (Lipinski definition) is 2. The zero-order chi connectivity index (χ0) is 16.8. The molecule has 0 saturated heterocycles. The van der Waals surface area contributed by atoms with E-state index < -0.39 is 0 Å². The van der Waals surface area contributed by atoms with Gasteiger partial charge in [-0.05, 0) is 60.0 Å². The molecule has 2 N–H and O–H groups in total.